The molecule has 2 aliphatic carbocycles. The van der Waals surface area contributed by atoms with Crippen LogP contribution in [0.15, 0.2) is 85.6 Å². The molecule has 5 aromatic rings. The number of amides is 3. The molecule has 12 nitrogen and oxygen atoms in total. The number of nitrogens with zero attached hydrogens (tertiary/aromatic N) is 4. The van der Waals surface area contributed by atoms with E-state index in [1.165, 1.54) is 38.6 Å². The SMILES string of the molecule is COC(=O)NC(C(=O)N1CCCC1c1ncc(-c2ccc(-c3ccc(-c4cnc[nH]4)cc3)cc2)[nH]1)C(C)C.O=C(NCc1ccc(F)nc1)C1CC2CCC1C2. The summed E-state index contributed by atoms with van der Waals surface area (Å²) in [6.07, 6.45) is 12.7. The van der Waals surface area contributed by atoms with E-state index in [1.807, 2.05) is 31.1 Å². The summed E-state index contributed by atoms with van der Waals surface area (Å²) in [6.45, 7) is 4.89. The minimum atomic E-state index is -0.654. The van der Waals surface area contributed by atoms with Crippen LogP contribution in [0.2, 0.25) is 0 Å². The van der Waals surface area contributed by atoms with Crippen molar-refractivity contribution in [3.05, 3.63) is 103 Å². The van der Waals surface area contributed by atoms with Gasteiger partial charge in [0.15, 0.2) is 0 Å². The quantitative estimate of drug-likeness (QED) is 0.108. The second-order valence-electron chi connectivity index (χ2n) is 15.3. The number of methoxy groups -OCH3 is 1. The largest absolute Gasteiger partial charge is 0.453 e. The first kappa shape index (κ1) is 38.4. The summed E-state index contributed by atoms with van der Waals surface area (Å²) in [5, 5.41) is 5.63. The number of carbonyl (C=O) groups is 3. The predicted octanol–water partition coefficient (Wildman–Crippen LogP) is 7.45. The van der Waals surface area contributed by atoms with Crippen LogP contribution in [0.3, 0.4) is 0 Å². The van der Waals surface area contributed by atoms with Gasteiger partial charge in [-0.05, 0) is 83.7 Å². The van der Waals surface area contributed by atoms with Crippen LogP contribution < -0.4 is 10.6 Å². The Morgan fingerprint density at radius 1 is 0.875 bits per heavy atom. The molecule has 4 heterocycles. The second kappa shape index (κ2) is 17.3. The van der Waals surface area contributed by atoms with Crippen molar-refractivity contribution in [3.63, 3.8) is 0 Å². The molecule has 1 aliphatic heterocycles. The predicted molar refractivity (Wildman–Crippen MR) is 210 cm³/mol. The zero-order chi connectivity index (χ0) is 39.2. The number of aromatic nitrogens is 5. The Balaban J connectivity index is 0.000000222. The monoisotopic (exact) mass is 760 g/mol. The zero-order valence-electron chi connectivity index (χ0n) is 32.0. The fourth-order valence-electron chi connectivity index (χ4n) is 8.34. The van der Waals surface area contributed by atoms with Crippen molar-refractivity contribution < 1.29 is 23.5 Å². The van der Waals surface area contributed by atoms with Crippen LogP contribution in [0.25, 0.3) is 33.6 Å². The van der Waals surface area contributed by atoms with E-state index in [2.05, 4.69) is 84.1 Å². The van der Waals surface area contributed by atoms with Crippen LogP contribution in [0.4, 0.5) is 9.18 Å². The minimum Gasteiger partial charge on any atom is -0.453 e. The van der Waals surface area contributed by atoms with Gasteiger partial charge in [-0.2, -0.15) is 4.39 Å². The lowest BCUT2D eigenvalue weighted by Crippen LogP contribution is -2.51. The Labute approximate surface area is 326 Å². The van der Waals surface area contributed by atoms with Gasteiger partial charge >= 0.3 is 6.09 Å². The first-order valence-corrected chi connectivity index (χ1v) is 19.4. The average molecular weight is 761 g/mol. The molecule has 4 N–H and O–H groups in total. The van der Waals surface area contributed by atoms with Crippen LogP contribution in [-0.2, 0) is 20.9 Å². The van der Waals surface area contributed by atoms with Gasteiger partial charge in [0.1, 0.15) is 11.9 Å². The van der Waals surface area contributed by atoms with Gasteiger partial charge in [0.25, 0.3) is 0 Å². The third-order valence-corrected chi connectivity index (χ3v) is 11.4. The number of likely N-dealkylation sites (tertiary alicyclic amines) is 1. The van der Waals surface area contributed by atoms with Gasteiger partial charge in [-0.15, -0.1) is 0 Å². The summed E-state index contributed by atoms with van der Waals surface area (Å²) in [5.74, 6) is 1.82. The van der Waals surface area contributed by atoms with Gasteiger partial charge < -0.3 is 30.2 Å². The molecule has 0 spiro atoms. The Bertz CT molecular complexity index is 2080. The summed E-state index contributed by atoms with van der Waals surface area (Å²) in [5.41, 5.74) is 7.09. The van der Waals surface area contributed by atoms with E-state index in [0.29, 0.717) is 19.0 Å². The fourth-order valence-corrected chi connectivity index (χ4v) is 8.34. The number of hydrogen-bond acceptors (Lipinski definition) is 7. The molecule has 8 rings (SSSR count). The van der Waals surface area contributed by atoms with E-state index in [-0.39, 0.29) is 29.7 Å². The maximum atomic E-state index is 13.4. The number of aromatic amines is 2. The number of halogens is 1. The molecule has 3 aromatic heterocycles. The van der Waals surface area contributed by atoms with Crippen LogP contribution in [0.1, 0.15) is 69.8 Å². The van der Waals surface area contributed by atoms with Crippen molar-refractivity contribution in [2.75, 3.05) is 13.7 Å². The standard InChI is InChI=1S/C29H32N6O3.C14H17FN2O/c1-18(2)26(34-29(37)38-3)28(36)35-14-4-5-25(35)27-31-16-24(33-27)22-12-8-20(9-13-22)19-6-10-21(11-7-19)23-15-30-17-32-23;15-13-4-2-10(7-16-13)8-17-14(18)12-6-9-1-3-11(12)5-9/h6-13,15-18,25-26H,4-5,14H2,1-3H3,(H,30,32)(H,31,33)(H,34,37);2,4,7,9,11-12H,1,3,5-6,8H2,(H,17,18). The highest BCUT2D eigenvalue weighted by molar-refractivity contribution is 5.86. The van der Waals surface area contributed by atoms with Gasteiger partial charge in [0.05, 0.1) is 43.3 Å². The van der Waals surface area contributed by atoms with E-state index < -0.39 is 18.1 Å². The number of ether oxygens (including phenoxy) is 1. The maximum Gasteiger partial charge on any atom is 0.407 e. The summed E-state index contributed by atoms with van der Waals surface area (Å²) >= 11 is 0. The number of hydrogen-bond donors (Lipinski definition) is 4. The number of imidazole rings is 2. The number of pyridine rings is 1. The van der Waals surface area contributed by atoms with E-state index in [9.17, 15) is 18.8 Å². The van der Waals surface area contributed by atoms with Crippen molar-refractivity contribution in [2.45, 2.75) is 71.0 Å². The molecule has 2 saturated carbocycles. The second-order valence-corrected chi connectivity index (χ2v) is 15.3. The molecule has 2 aromatic carbocycles. The number of fused-ring (bicyclic) bond motifs is 2. The molecule has 56 heavy (non-hydrogen) atoms. The number of rotatable bonds is 10. The number of H-pyrrole nitrogens is 2. The lowest BCUT2D eigenvalue weighted by atomic mass is 9.88. The summed E-state index contributed by atoms with van der Waals surface area (Å²) < 4.78 is 17.4. The van der Waals surface area contributed by atoms with E-state index in [0.717, 1.165) is 70.2 Å². The Hall–Kier alpha value is -5.85. The molecule has 5 unspecified atom stereocenters. The Kier molecular flexibility index (Phi) is 11.9. The smallest absolute Gasteiger partial charge is 0.407 e. The molecular weight excluding hydrogens is 712 g/mol. The number of benzene rings is 2. The first-order valence-electron chi connectivity index (χ1n) is 19.4. The summed E-state index contributed by atoms with van der Waals surface area (Å²) in [7, 11) is 1.30. The highest BCUT2D eigenvalue weighted by Gasteiger charge is 2.43. The van der Waals surface area contributed by atoms with Gasteiger partial charge in [0.2, 0.25) is 17.8 Å². The number of carbonyl (C=O) groups excluding carboxylic acids is 3. The lowest BCUT2D eigenvalue weighted by molar-refractivity contribution is -0.135. The molecule has 1 saturated heterocycles. The highest BCUT2D eigenvalue weighted by Crippen LogP contribution is 2.48. The van der Waals surface area contributed by atoms with E-state index >= 15 is 0 Å². The van der Waals surface area contributed by atoms with Crippen molar-refractivity contribution >= 4 is 17.9 Å². The molecule has 3 fully saturated rings. The fraction of sp³-hybridized carbons (Fsp3) is 0.395. The third kappa shape index (κ3) is 8.82. The van der Waals surface area contributed by atoms with Crippen LogP contribution in [0, 0.1) is 29.6 Å². The Morgan fingerprint density at radius 2 is 1.59 bits per heavy atom. The molecule has 2 bridgehead atoms. The molecule has 3 aliphatic rings. The first-order chi connectivity index (χ1) is 27.2. The highest BCUT2D eigenvalue weighted by atomic mass is 19.1. The molecular formula is C43H49FN8O4. The minimum absolute atomic E-state index is 0.0739. The van der Waals surface area contributed by atoms with Crippen molar-refractivity contribution in [1.82, 2.24) is 40.5 Å². The van der Waals surface area contributed by atoms with Crippen molar-refractivity contribution in [1.29, 1.82) is 0 Å². The van der Waals surface area contributed by atoms with E-state index in [4.69, 9.17) is 4.74 Å². The molecule has 5 atom stereocenters. The topological polar surface area (TPSA) is 158 Å². The molecule has 292 valence electrons. The lowest BCUT2D eigenvalue weighted by Gasteiger charge is -2.30. The molecule has 0 radical (unpaired) electrons. The normalized spacial score (nSPS) is 20.3. The van der Waals surface area contributed by atoms with Crippen molar-refractivity contribution in [2.24, 2.45) is 23.7 Å². The number of nitrogens with one attached hydrogen (secondary N) is 4. The van der Waals surface area contributed by atoms with Crippen molar-refractivity contribution in [3.8, 4) is 33.6 Å². The molecule has 13 heteroatoms. The average Bonchev–Trinajstić information content (AvgIpc) is 4.08. The van der Waals surface area contributed by atoms with Gasteiger partial charge in [-0.25, -0.2) is 19.7 Å². The Morgan fingerprint density at radius 3 is 2.18 bits per heavy atom. The molecule has 3 amide bonds. The van der Waals surface area contributed by atoms with Crippen LogP contribution in [-0.4, -0.2) is 67.4 Å². The van der Waals surface area contributed by atoms with Crippen LogP contribution in [0.5, 0.6) is 0 Å². The summed E-state index contributed by atoms with van der Waals surface area (Å²) in [6, 6.07) is 18.9. The third-order valence-electron chi connectivity index (χ3n) is 11.4. The number of alkyl carbamates (subject to hydrolysis) is 1. The maximum absolute atomic E-state index is 13.4. The van der Waals surface area contributed by atoms with E-state index in [1.54, 1.807) is 12.4 Å². The summed E-state index contributed by atoms with van der Waals surface area (Å²) in [4.78, 5) is 57.9. The van der Waals surface area contributed by atoms with Crippen LogP contribution >= 0.6 is 0 Å². The van der Waals surface area contributed by atoms with Gasteiger partial charge in [0, 0.05) is 25.2 Å². The van der Waals surface area contributed by atoms with Gasteiger partial charge in [-0.3, -0.25) is 9.59 Å². The zero-order valence-corrected chi connectivity index (χ0v) is 32.0. The van der Waals surface area contributed by atoms with Gasteiger partial charge in [-0.1, -0.05) is 74.9 Å².